The third-order valence-corrected chi connectivity index (χ3v) is 6.08. The molecule has 1 fully saturated rings. The second-order valence-corrected chi connectivity index (χ2v) is 8.72. The van der Waals surface area contributed by atoms with Crippen LogP contribution in [0.15, 0.2) is 69.0 Å². The highest BCUT2D eigenvalue weighted by Gasteiger charge is 2.18. The number of nitrogens with zero attached hydrogens (tertiary/aromatic N) is 4. The Morgan fingerprint density at radius 1 is 1.14 bits per heavy atom. The summed E-state index contributed by atoms with van der Waals surface area (Å²) >= 11 is 5.04. The fourth-order valence-electron chi connectivity index (χ4n) is 3.09. The summed E-state index contributed by atoms with van der Waals surface area (Å²) < 4.78 is 7.14. The number of aromatic nitrogens is 2. The first-order valence-corrected chi connectivity index (χ1v) is 11.0. The van der Waals surface area contributed by atoms with Gasteiger partial charge >= 0.3 is 0 Å². The predicted octanol–water partition coefficient (Wildman–Crippen LogP) is 5.44. The molecule has 2 heterocycles. The van der Waals surface area contributed by atoms with Crippen LogP contribution in [0.3, 0.4) is 0 Å². The fraction of sp³-hybridized carbons (Fsp3) is 0.227. The highest BCUT2D eigenvalue weighted by atomic mass is 79.9. The van der Waals surface area contributed by atoms with Crippen LogP contribution in [0, 0.1) is 11.3 Å². The van der Waals surface area contributed by atoms with Crippen LogP contribution in [-0.2, 0) is 6.61 Å². The van der Waals surface area contributed by atoms with Gasteiger partial charge in [-0.05, 0) is 54.8 Å². The van der Waals surface area contributed by atoms with E-state index in [1.54, 1.807) is 0 Å². The van der Waals surface area contributed by atoms with Crippen LogP contribution in [0.25, 0.3) is 0 Å². The fourth-order valence-corrected chi connectivity index (χ4v) is 4.36. The van der Waals surface area contributed by atoms with Gasteiger partial charge in [0.25, 0.3) is 0 Å². The number of hydrogen-bond acceptors (Lipinski definition) is 6. The Kier molecular flexibility index (Phi) is 6.33. The molecule has 1 aromatic heterocycles. The molecule has 0 aliphatic carbocycles. The van der Waals surface area contributed by atoms with E-state index in [2.05, 4.69) is 31.9 Å². The number of ether oxygens (including phenoxy) is 1. The van der Waals surface area contributed by atoms with Crippen molar-refractivity contribution in [1.82, 2.24) is 9.97 Å². The first-order valence-electron chi connectivity index (χ1n) is 9.38. The maximum Gasteiger partial charge on any atom is 0.232 e. The number of hydrogen-bond donors (Lipinski definition) is 0. The molecule has 0 spiro atoms. The van der Waals surface area contributed by atoms with Crippen LogP contribution in [0.5, 0.6) is 5.88 Å². The minimum Gasteiger partial charge on any atom is -0.472 e. The van der Waals surface area contributed by atoms with E-state index < -0.39 is 0 Å². The molecule has 2 aromatic carbocycles. The van der Waals surface area contributed by atoms with Crippen molar-refractivity contribution >= 4 is 33.6 Å². The van der Waals surface area contributed by atoms with E-state index in [4.69, 9.17) is 15.0 Å². The molecular weight excluding hydrogens is 448 g/mol. The van der Waals surface area contributed by atoms with Gasteiger partial charge in [0.2, 0.25) is 11.8 Å². The van der Waals surface area contributed by atoms with E-state index >= 15 is 0 Å². The van der Waals surface area contributed by atoms with E-state index in [-0.39, 0.29) is 0 Å². The number of anilines is 1. The third-order valence-electron chi connectivity index (χ3n) is 4.57. The van der Waals surface area contributed by atoms with Crippen molar-refractivity contribution in [1.29, 1.82) is 5.26 Å². The minimum atomic E-state index is 0.427. The monoisotopic (exact) mass is 466 g/mol. The van der Waals surface area contributed by atoms with Crippen LogP contribution >= 0.6 is 27.7 Å². The molecular formula is C22H19BrN4OS. The molecule has 0 amide bonds. The Balaban J connectivity index is 1.58. The largest absolute Gasteiger partial charge is 0.472 e. The van der Waals surface area contributed by atoms with Gasteiger partial charge in [-0.15, -0.1) is 0 Å². The maximum atomic E-state index is 8.99. The first kappa shape index (κ1) is 19.7. The van der Waals surface area contributed by atoms with E-state index in [9.17, 15) is 0 Å². The number of halogens is 1. The summed E-state index contributed by atoms with van der Waals surface area (Å²) in [7, 11) is 0. The topological polar surface area (TPSA) is 62.0 Å². The molecule has 146 valence electrons. The molecule has 0 radical (unpaired) electrons. The average molecular weight is 467 g/mol. The first-order chi connectivity index (χ1) is 14.2. The van der Waals surface area contributed by atoms with Crippen molar-refractivity contribution in [3.63, 3.8) is 0 Å². The molecule has 0 saturated carbocycles. The molecule has 29 heavy (non-hydrogen) atoms. The SMILES string of the molecule is N#Cc1ccc(Sc2cnc(N3CCCC3)nc2OCc2cccc(Br)c2)cc1. The Bertz CT molecular complexity index is 1030. The van der Waals surface area contributed by atoms with Crippen LogP contribution in [0.2, 0.25) is 0 Å². The molecule has 4 rings (SSSR count). The third kappa shape index (κ3) is 5.08. The van der Waals surface area contributed by atoms with Crippen LogP contribution < -0.4 is 9.64 Å². The highest BCUT2D eigenvalue weighted by molar-refractivity contribution is 9.10. The lowest BCUT2D eigenvalue weighted by Gasteiger charge is -2.17. The van der Waals surface area contributed by atoms with Gasteiger partial charge < -0.3 is 9.64 Å². The van der Waals surface area contributed by atoms with Gasteiger partial charge in [-0.2, -0.15) is 10.2 Å². The predicted molar refractivity (Wildman–Crippen MR) is 117 cm³/mol. The van der Waals surface area contributed by atoms with Crippen LogP contribution in [-0.4, -0.2) is 23.1 Å². The van der Waals surface area contributed by atoms with Gasteiger partial charge in [-0.3, -0.25) is 0 Å². The summed E-state index contributed by atoms with van der Waals surface area (Å²) in [5.41, 5.74) is 1.70. The summed E-state index contributed by atoms with van der Waals surface area (Å²) in [5.74, 6) is 1.30. The standard InChI is InChI=1S/C22H19BrN4OS/c23-18-5-3-4-17(12-18)15-28-21-20(29-19-8-6-16(13-24)7-9-19)14-25-22(26-21)27-10-1-2-11-27/h3-9,12,14H,1-2,10-11,15H2. The van der Waals surface area contributed by atoms with Crippen molar-refractivity contribution in [3.05, 3.63) is 70.3 Å². The van der Waals surface area contributed by atoms with E-state index in [0.717, 1.165) is 38.9 Å². The van der Waals surface area contributed by atoms with E-state index in [1.807, 2.05) is 54.7 Å². The second kappa shape index (κ2) is 9.29. The van der Waals surface area contributed by atoms with Crippen LogP contribution in [0.4, 0.5) is 5.95 Å². The van der Waals surface area contributed by atoms with Crippen molar-refractivity contribution in [3.8, 4) is 11.9 Å². The lowest BCUT2D eigenvalue weighted by Crippen LogP contribution is -2.20. The Morgan fingerprint density at radius 3 is 2.66 bits per heavy atom. The Labute approximate surface area is 182 Å². The number of rotatable bonds is 6. The Morgan fingerprint density at radius 2 is 1.93 bits per heavy atom. The summed E-state index contributed by atoms with van der Waals surface area (Å²) in [6.45, 7) is 2.39. The molecule has 1 aliphatic heterocycles. The molecule has 1 aliphatic rings. The quantitative estimate of drug-likeness (QED) is 0.481. The van der Waals surface area contributed by atoms with Gasteiger partial charge in [-0.1, -0.05) is 39.8 Å². The molecule has 0 atom stereocenters. The van der Waals surface area contributed by atoms with Crippen molar-refractivity contribution in [2.75, 3.05) is 18.0 Å². The van der Waals surface area contributed by atoms with Crippen LogP contribution in [0.1, 0.15) is 24.0 Å². The average Bonchev–Trinajstić information content (AvgIpc) is 3.28. The summed E-state index contributed by atoms with van der Waals surface area (Å²) in [6, 6.07) is 17.7. The summed E-state index contributed by atoms with van der Waals surface area (Å²) in [6.07, 6.45) is 4.17. The molecule has 0 N–H and O–H groups in total. The Hall–Kier alpha value is -2.56. The lowest BCUT2D eigenvalue weighted by molar-refractivity contribution is 0.285. The summed E-state index contributed by atoms with van der Waals surface area (Å²) in [4.78, 5) is 13.4. The molecule has 3 aromatic rings. The van der Waals surface area contributed by atoms with Crippen molar-refractivity contribution in [2.24, 2.45) is 0 Å². The minimum absolute atomic E-state index is 0.427. The van der Waals surface area contributed by atoms with E-state index in [1.165, 1.54) is 24.6 Å². The maximum absolute atomic E-state index is 8.99. The van der Waals surface area contributed by atoms with Gasteiger partial charge in [0.1, 0.15) is 6.61 Å². The van der Waals surface area contributed by atoms with Crippen molar-refractivity contribution in [2.45, 2.75) is 29.2 Å². The summed E-state index contributed by atoms with van der Waals surface area (Å²) in [5, 5.41) is 8.99. The van der Waals surface area contributed by atoms with Gasteiger partial charge in [-0.25, -0.2) is 4.98 Å². The zero-order valence-corrected chi connectivity index (χ0v) is 18.1. The smallest absolute Gasteiger partial charge is 0.232 e. The van der Waals surface area contributed by atoms with Gasteiger partial charge in [0, 0.05) is 22.5 Å². The number of benzene rings is 2. The molecule has 0 unspecified atom stereocenters. The van der Waals surface area contributed by atoms with E-state index in [0.29, 0.717) is 18.1 Å². The second-order valence-electron chi connectivity index (χ2n) is 6.69. The highest BCUT2D eigenvalue weighted by Crippen LogP contribution is 2.35. The van der Waals surface area contributed by atoms with Gasteiger partial charge in [0.05, 0.1) is 22.7 Å². The zero-order chi connectivity index (χ0) is 20.1. The molecule has 1 saturated heterocycles. The molecule has 0 bridgehead atoms. The number of nitriles is 1. The lowest BCUT2D eigenvalue weighted by atomic mass is 10.2. The van der Waals surface area contributed by atoms with Crippen molar-refractivity contribution < 1.29 is 4.74 Å². The molecule has 5 nitrogen and oxygen atoms in total. The molecule has 7 heteroatoms. The normalized spacial score (nSPS) is 13.3. The van der Waals surface area contributed by atoms with Gasteiger partial charge in [0.15, 0.2) is 0 Å². The zero-order valence-electron chi connectivity index (χ0n) is 15.7.